The average Bonchev–Trinajstić information content (AvgIpc) is 3.01. The maximum absolute atomic E-state index is 12.0. The highest BCUT2D eigenvalue weighted by Crippen LogP contribution is 2.28. The molecule has 1 aromatic carbocycles. The number of nitrogens with one attached hydrogen (secondary N) is 1. The topological polar surface area (TPSA) is 73.6 Å². The Morgan fingerprint density at radius 3 is 2.68 bits per heavy atom. The van der Waals surface area contributed by atoms with Crippen molar-refractivity contribution in [2.45, 2.75) is 6.29 Å². The number of rotatable bonds is 6. The molecule has 0 saturated carbocycles. The summed E-state index contributed by atoms with van der Waals surface area (Å²) in [5.41, 5.74) is 0.770. The lowest BCUT2D eigenvalue weighted by atomic mass is 10.2. The van der Waals surface area contributed by atoms with Crippen LogP contribution in [-0.4, -0.2) is 37.9 Å². The third-order valence-electron chi connectivity index (χ3n) is 2.86. The fourth-order valence-electron chi connectivity index (χ4n) is 1.67. The minimum Gasteiger partial charge on any atom is -0.444 e. The molecule has 1 aromatic heterocycles. The monoisotopic (exact) mass is 344 g/mol. The van der Waals surface area contributed by atoms with Crippen molar-refractivity contribution in [3.05, 3.63) is 40.2 Å². The van der Waals surface area contributed by atoms with Gasteiger partial charge in [0.25, 0.3) is 5.91 Å². The van der Waals surface area contributed by atoms with Crippen molar-refractivity contribution in [3.8, 4) is 11.5 Å². The number of hydrogen-bond acceptors (Lipinski definition) is 5. The van der Waals surface area contributed by atoms with Crippen LogP contribution in [0.5, 0.6) is 0 Å². The second-order valence-corrected chi connectivity index (χ2v) is 5.09. The van der Waals surface area contributed by atoms with Crippen LogP contribution in [0.3, 0.4) is 0 Å². The van der Waals surface area contributed by atoms with Gasteiger partial charge in [-0.15, -0.1) is 0 Å². The summed E-state index contributed by atoms with van der Waals surface area (Å²) in [6, 6.07) is 4.95. The van der Waals surface area contributed by atoms with Gasteiger partial charge in [-0.05, 0) is 18.2 Å². The first-order valence-electron chi connectivity index (χ1n) is 6.30. The number of benzene rings is 1. The molecule has 118 valence electrons. The van der Waals surface area contributed by atoms with Crippen molar-refractivity contribution in [1.82, 2.24) is 10.3 Å². The number of nitrogens with zero attached hydrogens (tertiary/aromatic N) is 1. The smallest absolute Gasteiger partial charge is 0.273 e. The Morgan fingerprint density at radius 1 is 1.32 bits per heavy atom. The summed E-state index contributed by atoms with van der Waals surface area (Å²) in [6.45, 7) is 0.195. The van der Waals surface area contributed by atoms with E-state index in [2.05, 4.69) is 10.3 Å². The first-order valence-corrected chi connectivity index (χ1v) is 7.05. The van der Waals surface area contributed by atoms with Crippen LogP contribution in [0.1, 0.15) is 10.5 Å². The second-order valence-electron chi connectivity index (χ2n) is 4.28. The van der Waals surface area contributed by atoms with Crippen molar-refractivity contribution in [2.75, 3.05) is 20.8 Å². The minimum absolute atomic E-state index is 0.145. The number of halogens is 2. The lowest BCUT2D eigenvalue weighted by Crippen LogP contribution is -2.34. The van der Waals surface area contributed by atoms with E-state index in [1.807, 2.05) is 0 Å². The Labute approximate surface area is 137 Å². The normalized spacial score (nSPS) is 11.0. The molecule has 6 nitrogen and oxygen atoms in total. The summed E-state index contributed by atoms with van der Waals surface area (Å²) < 4.78 is 15.2. The zero-order valence-corrected chi connectivity index (χ0v) is 13.4. The highest BCUT2D eigenvalue weighted by atomic mass is 35.5. The van der Waals surface area contributed by atoms with E-state index in [4.69, 9.17) is 37.1 Å². The third kappa shape index (κ3) is 3.98. The maximum atomic E-state index is 12.0. The summed E-state index contributed by atoms with van der Waals surface area (Å²) in [4.78, 5) is 16.1. The molecular weight excluding hydrogens is 331 g/mol. The number of aromatic nitrogens is 1. The average molecular weight is 345 g/mol. The van der Waals surface area contributed by atoms with Crippen molar-refractivity contribution < 1.29 is 18.7 Å². The predicted octanol–water partition coefficient (Wildman–Crippen LogP) is 3.00. The lowest BCUT2D eigenvalue weighted by Gasteiger charge is -2.13. The molecule has 0 aliphatic rings. The van der Waals surface area contributed by atoms with Gasteiger partial charge >= 0.3 is 0 Å². The van der Waals surface area contributed by atoms with Crippen LogP contribution < -0.4 is 5.32 Å². The Balaban J connectivity index is 2.07. The van der Waals surface area contributed by atoms with E-state index in [1.54, 1.807) is 18.2 Å². The van der Waals surface area contributed by atoms with Gasteiger partial charge in [0.05, 0.1) is 16.6 Å². The number of methoxy groups -OCH3 is 2. The molecule has 0 unspecified atom stereocenters. The van der Waals surface area contributed by atoms with Gasteiger partial charge in [-0.25, -0.2) is 4.98 Å². The van der Waals surface area contributed by atoms with Gasteiger partial charge in [0.15, 0.2) is 12.0 Å². The molecular formula is C14H14Cl2N2O4. The summed E-state index contributed by atoms with van der Waals surface area (Å²) >= 11 is 11.8. The lowest BCUT2D eigenvalue weighted by molar-refractivity contribution is -0.0974. The van der Waals surface area contributed by atoms with Crippen LogP contribution >= 0.6 is 23.2 Å². The number of ether oxygens (including phenoxy) is 2. The van der Waals surface area contributed by atoms with Crippen molar-refractivity contribution in [1.29, 1.82) is 0 Å². The zero-order valence-electron chi connectivity index (χ0n) is 11.9. The molecule has 0 saturated heterocycles. The van der Waals surface area contributed by atoms with E-state index in [0.29, 0.717) is 15.6 Å². The fraction of sp³-hybridized carbons (Fsp3) is 0.286. The molecule has 0 atom stereocenters. The van der Waals surface area contributed by atoms with E-state index < -0.39 is 12.2 Å². The van der Waals surface area contributed by atoms with Gasteiger partial charge in [0.1, 0.15) is 6.26 Å². The Hall–Kier alpha value is -1.60. The van der Waals surface area contributed by atoms with E-state index in [0.717, 1.165) is 0 Å². The zero-order chi connectivity index (χ0) is 16.1. The summed E-state index contributed by atoms with van der Waals surface area (Å²) in [7, 11) is 2.97. The van der Waals surface area contributed by atoms with E-state index >= 15 is 0 Å². The first kappa shape index (κ1) is 16.8. The number of amides is 1. The summed E-state index contributed by atoms with van der Waals surface area (Å²) in [5, 5.41) is 3.44. The number of hydrogen-bond donors (Lipinski definition) is 1. The molecule has 0 aliphatic heterocycles. The van der Waals surface area contributed by atoms with Crippen LogP contribution in [0.25, 0.3) is 11.5 Å². The van der Waals surface area contributed by atoms with Gasteiger partial charge in [0, 0.05) is 19.8 Å². The van der Waals surface area contributed by atoms with E-state index in [-0.39, 0.29) is 18.1 Å². The molecule has 0 bridgehead atoms. The Morgan fingerprint density at radius 2 is 2.05 bits per heavy atom. The van der Waals surface area contributed by atoms with Gasteiger partial charge in [-0.1, -0.05) is 23.2 Å². The molecule has 0 fully saturated rings. The number of carbonyl (C=O) groups excluding carboxylic acids is 1. The van der Waals surface area contributed by atoms with E-state index in [1.165, 1.54) is 20.5 Å². The second kappa shape index (κ2) is 7.60. The van der Waals surface area contributed by atoms with Gasteiger partial charge in [-0.2, -0.15) is 0 Å². The van der Waals surface area contributed by atoms with Gasteiger partial charge < -0.3 is 19.2 Å². The van der Waals surface area contributed by atoms with Crippen LogP contribution in [0.15, 0.2) is 28.9 Å². The van der Waals surface area contributed by atoms with Crippen LogP contribution in [0.2, 0.25) is 10.0 Å². The van der Waals surface area contributed by atoms with Gasteiger partial charge in [0.2, 0.25) is 5.89 Å². The molecule has 1 heterocycles. The summed E-state index contributed by atoms with van der Waals surface area (Å²) in [6.07, 6.45) is 0.743. The van der Waals surface area contributed by atoms with Crippen LogP contribution in [0.4, 0.5) is 0 Å². The minimum atomic E-state index is -0.523. The highest BCUT2D eigenvalue weighted by molar-refractivity contribution is 6.42. The van der Waals surface area contributed by atoms with Crippen LogP contribution in [0, 0.1) is 0 Å². The van der Waals surface area contributed by atoms with E-state index in [9.17, 15) is 4.79 Å². The predicted molar refractivity (Wildman–Crippen MR) is 82.1 cm³/mol. The molecule has 22 heavy (non-hydrogen) atoms. The third-order valence-corrected chi connectivity index (χ3v) is 3.60. The molecule has 2 rings (SSSR count). The Bertz CT molecular complexity index is 656. The quantitative estimate of drug-likeness (QED) is 0.815. The molecule has 0 radical (unpaired) electrons. The highest BCUT2D eigenvalue weighted by Gasteiger charge is 2.15. The Kier molecular flexibility index (Phi) is 5.79. The fourth-order valence-corrected chi connectivity index (χ4v) is 1.97. The van der Waals surface area contributed by atoms with Crippen LogP contribution in [-0.2, 0) is 9.47 Å². The number of carbonyl (C=O) groups is 1. The van der Waals surface area contributed by atoms with Crippen molar-refractivity contribution in [2.24, 2.45) is 0 Å². The molecule has 1 N–H and O–H groups in total. The molecule has 2 aromatic rings. The first-order chi connectivity index (χ1) is 10.5. The molecule has 0 aliphatic carbocycles. The largest absolute Gasteiger partial charge is 0.444 e. The van der Waals surface area contributed by atoms with Gasteiger partial charge in [-0.3, -0.25) is 4.79 Å². The summed E-state index contributed by atoms with van der Waals surface area (Å²) in [5.74, 6) is -0.118. The molecule has 0 spiro atoms. The number of oxazole rings is 1. The van der Waals surface area contributed by atoms with Crippen molar-refractivity contribution in [3.63, 3.8) is 0 Å². The molecule has 8 heteroatoms. The molecule has 1 amide bonds. The van der Waals surface area contributed by atoms with Crippen molar-refractivity contribution >= 4 is 29.1 Å². The SMILES string of the molecule is COC(CNC(=O)c1coc(-c2ccc(Cl)c(Cl)c2)n1)OC. The maximum Gasteiger partial charge on any atom is 0.273 e. The standard InChI is InChI=1S/C14H14Cl2N2O4/c1-20-12(21-2)6-17-13(19)11-7-22-14(18-11)8-3-4-9(15)10(16)5-8/h3-5,7,12H,6H2,1-2H3,(H,17,19).